The van der Waals surface area contributed by atoms with E-state index in [-0.39, 0.29) is 0 Å². The van der Waals surface area contributed by atoms with Crippen LogP contribution in [0.2, 0.25) is 0 Å². The molecule has 2 aromatic carbocycles. The molecular weight excluding hydrogens is 378 g/mol. The third-order valence-electron chi connectivity index (χ3n) is 4.07. The molecule has 5 heteroatoms. The van der Waals surface area contributed by atoms with E-state index in [1.54, 1.807) is 7.11 Å². The summed E-state index contributed by atoms with van der Waals surface area (Å²) in [6, 6.07) is 20.4. The molecule has 0 atom stereocenters. The van der Waals surface area contributed by atoms with Crippen LogP contribution in [0.4, 0.5) is 0 Å². The Balaban J connectivity index is 1.99. The normalized spacial score (nSPS) is 11.1. The fraction of sp³-hybridized carbons (Fsp3) is 0.100. The molecule has 4 aromatic rings. The number of hydrogen-bond donors (Lipinski definition) is 0. The molecule has 4 rings (SSSR count). The second-order valence-electron chi connectivity index (χ2n) is 5.69. The van der Waals surface area contributed by atoms with Crippen LogP contribution in [0.1, 0.15) is 5.69 Å². The van der Waals surface area contributed by atoms with Gasteiger partial charge in [0.1, 0.15) is 0 Å². The lowest BCUT2D eigenvalue weighted by molar-refractivity contribution is 0.181. The molecule has 0 bridgehead atoms. The maximum Gasteiger partial charge on any atom is 0.163 e. The molecule has 0 aliphatic heterocycles. The zero-order chi connectivity index (χ0) is 17.2. The molecule has 0 spiro atoms. The van der Waals surface area contributed by atoms with Gasteiger partial charge in [-0.3, -0.25) is 0 Å². The summed E-state index contributed by atoms with van der Waals surface area (Å²) in [7, 11) is 1.68. The number of ether oxygens (including phenoxy) is 1. The summed E-state index contributed by atoms with van der Waals surface area (Å²) in [6.07, 6.45) is 1.83. The molecule has 124 valence electrons. The van der Waals surface area contributed by atoms with Gasteiger partial charge in [0.15, 0.2) is 5.65 Å². The molecule has 4 nitrogen and oxygen atoms in total. The lowest BCUT2D eigenvalue weighted by Gasteiger charge is -2.05. The van der Waals surface area contributed by atoms with Crippen LogP contribution in [0.25, 0.3) is 28.0 Å². The molecule has 2 aromatic heterocycles. The van der Waals surface area contributed by atoms with E-state index in [2.05, 4.69) is 45.2 Å². The smallest absolute Gasteiger partial charge is 0.163 e. The van der Waals surface area contributed by atoms with E-state index in [0.29, 0.717) is 6.61 Å². The van der Waals surface area contributed by atoms with Gasteiger partial charge in [0, 0.05) is 23.3 Å². The minimum atomic E-state index is 0.434. The molecule has 0 unspecified atom stereocenters. The quantitative estimate of drug-likeness (QED) is 0.491. The van der Waals surface area contributed by atoms with Gasteiger partial charge in [-0.2, -0.15) is 5.10 Å². The molecule has 0 N–H and O–H groups in total. The average Bonchev–Trinajstić information content (AvgIpc) is 3.01. The Bertz CT molecular complexity index is 1010. The minimum absolute atomic E-state index is 0.434. The van der Waals surface area contributed by atoms with Crippen molar-refractivity contribution in [1.29, 1.82) is 0 Å². The van der Waals surface area contributed by atoms with Crippen molar-refractivity contribution in [1.82, 2.24) is 14.6 Å². The first-order valence-corrected chi connectivity index (χ1v) is 8.74. The molecule has 25 heavy (non-hydrogen) atoms. The number of aromatic nitrogens is 3. The van der Waals surface area contributed by atoms with Gasteiger partial charge >= 0.3 is 0 Å². The van der Waals surface area contributed by atoms with E-state index >= 15 is 0 Å². The molecule has 0 aliphatic rings. The SMILES string of the molecule is COCc1nn2c(-c3ccccc3)ccnc2c1-c1ccc(Br)cc1. The summed E-state index contributed by atoms with van der Waals surface area (Å²) in [5.41, 5.74) is 5.89. The van der Waals surface area contributed by atoms with Crippen molar-refractivity contribution in [2.24, 2.45) is 0 Å². The Morgan fingerprint density at radius 2 is 1.72 bits per heavy atom. The highest BCUT2D eigenvalue weighted by atomic mass is 79.9. The van der Waals surface area contributed by atoms with Crippen molar-refractivity contribution in [2.45, 2.75) is 6.61 Å². The van der Waals surface area contributed by atoms with Crippen LogP contribution < -0.4 is 0 Å². The highest BCUT2D eigenvalue weighted by Gasteiger charge is 2.18. The Morgan fingerprint density at radius 1 is 0.960 bits per heavy atom. The average molecular weight is 394 g/mol. The molecule has 0 saturated carbocycles. The Morgan fingerprint density at radius 3 is 2.44 bits per heavy atom. The summed E-state index contributed by atoms with van der Waals surface area (Å²) in [6.45, 7) is 0.434. The summed E-state index contributed by atoms with van der Waals surface area (Å²) in [5.74, 6) is 0. The van der Waals surface area contributed by atoms with Crippen LogP contribution >= 0.6 is 15.9 Å². The number of methoxy groups -OCH3 is 1. The topological polar surface area (TPSA) is 39.4 Å². The Labute approximate surface area is 154 Å². The van der Waals surface area contributed by atoms with E-state index in [1.807, 2.05) is 47.1 Å². The largest absolute Gasteiger partial charge is 0.378 e. The second kappa shape index (κ2) is 6.78. The van der Waals surface area contributed by atoms with Crippen LogP contribution in [-0.2, 0) is 11.3 Å². The Hall–Kier alpha value is -2.50. The lowest BCUT2D eigenvalue weighted by Crippen LogP contribution is -1.96. The van der Waals surface area contributed by atoms with Crippen molar-refractivity contribution in [3.63, 3.8) is 0 Å². The van der Waals surface area contributed by atoms with Crippen LogP contribution in [0.5, 0.6) is 0 Å². The van der Waals surface area contributed by atoms with Crippen molar-refractivity contribution < 1.29 is 4.74 Å². The van der Waals surface area contributed by atoms with E-state index in [1.165, 1.54) is 0 Å². The summed E-state index contributed by atoms with van der Waals surface area (Å²) >= 11 is 3.49. The molecule has 0 saturated heterocycles. The predicted molar refractivity (Wildman–Crippen MR) is 102 cm³/mol. The minimum Gasteiger partial charge on any atom is -0.378 e. The van der Waals surface area contributed by atoms with E-state index in [0.717, 1.165) is 38.2 Å². The maximum absolute atomic E-state index is 5.38. The maximum atomic E-state index is 5.38. The van der Waals surface area contributed by atoms with E-state index in [4.69, 9.17) is 9.84 Å². The van der Waals surface area contributed by atoms with E-state index < -0.39 is 0 Å². The van der Waals surface area contributed by atoms with Crippen molar-refractivity contribution in [3.8, 4) is 22.4 Å². The van der Waals surface area contributed by atoms with Crippen LogP contribution in [0.15, 0.2) is 71.3 Å². The van der Waals surface area contributed by atoms with Crippen LogP contribution in [0.3, 0.4) is 0 Å². The molecule has 0 radical (unpaired) electrons. The number of rotatable bonds is 4. The monoisotopic (exact) mass is 393 g/mol. The van der Waals surface area contributed by atoms with Gasteiger partial charge in [-0.15, -0.1) is 0 Å². The second-order valence-corrected chi connectivity index (χ2v) is 6.61. The molecule has 2 heterocycles. The zero-order valence-electron chi connectivity index (χ0n) is 13.7. The third-order valence-corrected chi connectivity index (χ3v) is 4.60. The summed E-state index contributed by atoms with van der Waals surface area (Å²) < 4.78 is 8.32. The van der Waals surface area contributed by atoms with Gasteiger partial charge in [0.25, 0.3) is 0 Å². The number of nitrogens with zero attached hydrogens (tertiary/aromatic N) is 3. The lowest BCUT2D eigenvalue weighted by atomic mass is 10.1. The number of hydrogen-bond acceptors (Lipinski definition) is 3. The fourth-order valence-electron chi connectivity index (χ4n) is 2.97. The first-order chi connectivity index (χ1) is 12.3. The molecule has 0 aliphatic carbocycles. The molecule has 0 amide bonds. The molecular formula is C20H16BrN3O. The van der Waals surface area contributed by atoms with Gasteiger partial charge in [0.2, 0.25) is 0 Å². The van der Waals surface area contributed by atoms with Crippen LogP contribution in [-0.4, -0.2) is 21.7 Å². The first kappa shape index (κ1) is 16.0. The molecule has 0 fully saturated rings. The summed E-state index contributed by atoms with van der Waals surface area (Å²) in [5, 5.41) is 4.79. The zero-order valence-corrected chi connectivity index (χ0v) is 15.3. The highest BCUT2D eigenvalue weighted by molar-refractivity contribution is 9.10. The summed E-state index contributed by atoms with van der Waals surface area (Å²) in [4.78, 5) is 4.60. The number of benzene rings is 2. The van der Waals surface area contributed by atoms with Crippen molar-refractivity contribution >= 4 is 21.6 Å². The van der Waals surface area contributed by atoms with Crippen LogP contribution in [0, 0.1) is 0 Å². The van der Waals surface area contributed by atoms with Gasteiger partial charge in [-0.25, -0.2) is 9.50 Å². The van der Waals surface area contributed by atoms with Gasteiger partial charge in [-0.1, -0.05) is 58.4 Å². The highest BCUT2D eigenvalue weighted by Crippen LogP contribution is 2.31. The standard InChI is InChI=1S/C20H16BrN3O/c1-25-13-17-19(15-7-9-16(21)10-8-15)20-22-12-11-18(24(20)23-17)14-5-3-2-4-6-14/h2-12H,13H2,1H3. The predicted octanol–water partition coefficient (Wildman–Crippen LogP) is 4.97. The number of fused-ring (bicyclic) bond motifs is 1. The fourth-order valence-corrected chi connectivity index (χ4v) is 3.23. The van der Waals surface area contributed by atoms with Crippen molar-refractivity contribution in [2.75, 3.05) is 7.11 Å². The van der Waals surface area contributed by atoms with Gasteiger partial charge < -0.3 is 4.74 Å². The van der Waals surface area contributed by atoms with Gasteiger partial charge in [-0.05, 0) is 23.8 Å². The van der Waals surface area contributed by atoms with Gasteiger partial charge in [0.05, 0.1) is 23.6 Å². The third kappa shape index (κ3) is 2.97. The van der Waals surface area contributed by atoms with Crippen molar-refractivity contribution in [3.05, 3.63) is 77.0 Å². The first-order valence-electron chi connectivity index (χ1n) is 7.95. The Kier molecular flexibility index (Phi) is 4.34. The van der Waals surface area contributed by atoms with E-state index in [9.17, 15) is 0 Å². The number of halogens is 1.